The van der Waals surface area contributed by atoms with Crippen LogP contribution < -0.4 is 5.32 Å². The van der Waals surface area contributed by atoms with Gasteiger partial charge in [-0.25, -0.2) is 9.59 Å². The number of carbonyl (C=O) groups excluding carboxylic acids is 2. The first kappa shape index (κ1) is 16.7. The monoisotopic (exact) mass is 271 g/mol. The predicted molar refractivity (Wildman–Crippen MR) is 64.1 cm³/mol. The van der Waals surface area contributed by atoms with Gasteiger partial charge >= 0.3 is 18.0 Å². The maximum Gasteiger partial charge on any atom is 0.326 e. The highest BCUT2D eigenvalue weighted by molar-refractivity contribution is 5.86. The van der Waals surface area contributed by atoms with Gasteiger partial charge in [-0.2, -0.15) is 5.26 Å². The quantitative estimate of drug-likeness (QED) is 0.626. The second-order valence-corrected chi connectivity index (χ2v) is 3.61. The summed E-state index contributed by atoms with van der Waals surface area (Å²) in [5.74, 6) is -2.05. The van der Waals surface area contributed by atoms with E-state index in [1.807, 2.05) is 6.07 Å². The number of hydrogen-bond donors (Lipinski definition) is 2. The first-order chi connectivity index (χ1) is 8.96. The van der Waals surface area contributed by atoms with Crippen LogP contribution in [0.4, 0.5) is 4.79 Å². The minimum Gasteiger partial charge on any atom is -0.480 e. The number of nitriles is 1. The lowest BCUT2D eigenvalue weighted by Crippen LogP contribution is -2.49. The third kappa shape index (κ3) is 6.26. The van der Waals surface area contributed by atoms with Crippen molar-refractivity contribution < 1.29 is 24.2 Å². The number of aliphatic carboxylic acids is 1. The molecule has 0 aromatic rings. The van der Waals surface area contributed by atoms with Crippen LogP contribution in [0, 0.1) is 11.3 Å². The third-order valence-electron chi connectivity index (χ3n) is 2.36. The van der Waals surface area contributed by atoms with Crippen LogP contribution >= 0.6 is 0 Å². The molecular formula is C11H17N3O5. The highest BCUT2D eigenvalue weighted by atomic mass is 16.5. The first-order valence-corrected chi connectivity index (χ1v) is 5.68. The summed E-state index contributed by atoms with van der Waals surface area (Å²) in [5.41, 5.74) is 0. The molecule has 0 fully saturated rings. The molecule has 2 amide bonds. The van der Waals surface area contributed by atoms with Crippen molar-refractivity contribution >= 4 is 18.0 Å². The molecule has 2 N–H and O–H groups in total. The maximum atomic E-state index is 11.8. The Balaban J connectivity index is 4.56. The highest BCUT2D eigenvalue weighted by Gasteiger charge is 2.25. The Bertz CT molecular complexity index is 377. The summed E-state index contributed by atoms with van der Waals surface area (Å²) in [6, 6.07) is -0.0887. The SMILES string of the molecule is CCN(CCC#N)C(=O)N[C@@H](CC(=O)OC)C(=O)O. The van der Waals surface area contributed by atoms with E-state index in [0.29, 0.717) is 6.54 Å². The molecule has 0 spiro atoms. The lowest BCUT2D eigenvalue weighted by molar-refractivity contribution is -0.147. The van der Waals surface area contributed by atoms with Gasteiger partial charge in [0.15, 0.2) is 0 Å². The zero-order chi connectivity index (χ0) is 14.8. The van der Waals surface area contributed by atoms with Crippen LogP contribution in [0.5, 0.6) is 0 Å². The molecule has 0 aliphatic rings. The van der Waals surface area contributed by atoms with E-state index in [1.165, 1.54) is 4.90 Å². The minimum absolute atomic E-state index is 0.149. The van der Waals surface area contributed by atoms with Crippen molar-refractivity contribution in [1.29, 1.82) is 5.26 Å². The topological polar surface area (TPSA) is 120 Å². The smallest absolute Gasteiger partial charge is 0.326 e. The van der Waals surface area contributed by atoms with Crippen LogP contribution in [0.1, 0.15) is 19.8 Å². The summed E-state index contributed by atoms with van der Waals surface area (Å²) in [6.07, 6.45) is -0.302. The average Bonchev–Trinajstić information content (AvgIpc) is 2.38. The molecular weight excluding hydrogens is 254 g/mol. The van der Waals surface area contributed by atoms with Crippen LogP contribution in [-0.2, 0) is 14.3 Å². The number of hydrogen-bond acceptors (Lipinski definition) is 5. The van der Waals surface area contributed by atoms with E-state index in [4.69, 9.17) is 10.4 Å². The summed E-state index contributed by atoms with van der Waals surface area (Å²) >= 11 is 0. The fourth-order valence-corrected chi connectivity index (χ4v) is 1.28. The van der Waals surface area contributed by atoms with E-state index in [-0.39, 0.29) is 13.0 Å². The van der Waals surface area contributed by atoms with E-state index in [0.717, 1.165) is 7.11 Å². The minimum atomic E-state index is -1.35. The first-order valence-electron chi connectivity index (χ1n) is 5.68. The number of rotatable bonds is 7. The fourth-order valence-electron chi connectivity index (χ4n) is 1.28. The van der Waals surface area contributed by atoms with Crippen molar-refractivity contribution in [3.05, 3.63) is 0 Å². The second-order valence-electron chi connectivity index (χ2n) is 3.61. The summed E-state index contributed by atoms with van der Waals surface area (Å²) in [4.78, 5) is 35.0. The number of ether oxygens (including phenoxy) is 1. The standard InChI is InChI=1S/C11H17N3O5/c1-3-14(6-4-5-12)11(18)13-8(10(16)17)7-9(15)19-2/h8H,3-4,6-7H2,1-2H3,(H,13,18)(H,16,17)/t8-/m0/s1. The zero-order valence-electron chi connectivity index (χ0n) is 10.9. The van der Waals surface area contributed by atoms with E-state index < -0.39 is 30.4 Å². The molecule has 0 aromatic heterocycles. The summed E-state index contributed by atoms with van der Waals surface area (Å²) < 4.78 is 4.35. The Morgan fingerprint density at radius 2 is 2.11 bits per heavy atom. The van der Waals surface area contributed by atoms with Crippen molar-refractivity contribution in [2.24, 2.45) is 0 Å². The molecule has 0 rings (SSSR count). The number of amides is 2. The van der Waals surface area contributed by atoms with E-state index in [1.54, 1.807) is 6.92 Å². The van der Waals surface area contributed by atoms with Crippen molar-refractivity contribution in [2.45, 2.75) is 25.8 Å². The Kier molecular flexibility index (Phi) is 7.68. The third-order valence-corrected chi connectivity index (χ3v) is 2.36. The summed E-state index contributed by atoms with van der Waals surface area (Å²) in [6.45, 7) is 2.23. The predicted octanol–water partition coefficient (Wildman–Crippen LogP) is -0.0521. The molecule has 8 nitrogen and oxygen atoms in total. The maximum absolute atomic E-state index is 11.8. The largest absolute Gasteiger partial charge is 0.480 e. The second kappa shape index (κ2) is 8.74. The molecule has 1 atom stereocenters. The molecule has 0 aliphatic carbocycles. The average molecular weight is 271 g/mol. The van der Waals surface area contributed by atoms with Crippen molar-refractivity contribution in [1.82, 2.24) is 10.2 Å². The molecule has 0 aromatic carbocycles. The number of carboxylic acids is 1. The molecule has 0 heterocycles. The lowest BCUT2D eigenvalue weighted by atomic mass is 10.2. The van der Waals surface area contributed by atoms with Gasteiger partial charge in [0.25, 0.3) is 0 Å². The highest BCUT2D eigenvalue weighted by Crippen LogP contribution is 1.99. The van der Waals surface area contributed by atoms with Gasteiger partial charge in [0.2, 0.25) is 0 Å². The number of carbonyl (C=O) groups is 3. The lowest BCUT2D eigenvalue weighted by Gasteiger charge is -2.22. The van der Waals surface area contributed by atoms with Crippen molar-refractivity contribution in [3.8, 4) is 6.07 Å². The van der Waals surface area contributed by atoms with E-state index in [2.05, 4.69) is 10.1 Å². The molecule has 19 heavy (non-hydrogen) atoms. The van der Waals surface area contributed by atoms with Gasteiger partial charge in [-0.15, -0.1) is 0 Å². The van der Waals surface area contributed by atoms with E-state index in [9.17, 15) is 14.4 Å². The van der Waals surface area contributed by atoms with Gasteiger partial charge in [-0.3, -0.25) is 4.79 Å². The Morgan fingerprint density at radius 1 is 1.47 bits per heavy atom. The summed E-state index contributed by atoms with van der Waals surface area (Å²) in [5, 5.41) is 19.6. The number of carboxylic acid groups (broad SMARTS) is 1. The Labute approximate surface area is 110 Å². The van der Waals surface area contributed by atoms with Crippen LogP contribution in [0.25, 0.3) is 0 Å². The molecule has 0 saturated heterocycles. The van der Waals surface area contributed by atoms with Gasteiger partial charge in [-0.1, -0.05) is 0 Å². The van der Waals surface area contributed by atoms with E-state index >= 15 is 0 Å². The zero-order valence-corrected chi connectivity index (χ0v) is 10.9. The molecule has 0 bridgehead atoms. The van der Waals surface area contributed by atoms with Crippen LogP contribution in [0.3, 0.4) is 0 Å². The van der Waals surface area contributed by atoms with Crippen LogP contribution in [-0.4, -0.2) is 54.2 Å². The number of nitrogens with zero attached hydrogens (tertiary/aromatic N) is 2. The number of methoxy groups -OCH3 is 1. The number of nitrogens with one attached hydrogen (secondary N) is 1. The van der Waals surface area contributed by atoms with Crippen LogP contribution in [0.15, 0.2) is 0 Å². The molecule has 8 heteroatoms. The molecule has 0 unspecified atom stereocenters. The molecule has 0 aliphatic heterocycles. The number of urea groups is 1. The van der Waals surface area contributed by atoms with Crippen LogP contribution in [0.2, 0.25) is 0 Å². The normalized spacial score (nSPS) is 11.0. The Hall–Kier alpha value is -2.30. The van der Waals surface area contributed by atoms with Gasteiger partial charge in [0, 0.05) is 13.1 Å². The van der Waals surface area contributed by atoms with Crippen molar-refractivity contribution in [3.63, 3.8) is 0 Å². The van der Waals surface area contributed by atoms with Crippen molar-refractivity contribution in [2.75, 3.05) is 20.2 Å². The van der Waals surface area contributed by atoms with Gasteiger partial charge in [0.1, 0.15) is 6.04 Å². The van der Waals surface area contributed by atoms with Gasteiger partial charge in [0.05, 0.1) is 26.0 Å². The Morgan fingerprint density at radius 3 is 2.53 bits per heavy atom. The van der Waals surface area contributed by atoms with Gasteiger partial charge in [-0.05, 0) is 6.92 Å². The summed E-state index contributed by atoms with van der Waals surface area (Å²) in [7, 11) is 1.13. The molecule has 0 radical (unpaired) electrons. The molecule has 106 valence electrons. The van der Waals surface area contributed by atoms with Gasteiger partial charge < -0.3 is 20.1 Å². The number of esters is 1. The molecule has 0 saturated carbocycles. The fraction of sp³-hybridized carbons (Fsp3) is 0.636.